The van der Waals surface area contributed by atoms with Crippen molar-refractivity contribution in [1.82, 2.24) is 4.90 Å². The molecule has 10 atom stereocenters. The van der Waals surface area contributed by atoms with Crippen molar-refractivity contribution >= 4 is 11.6 Å². The first-order chi connectivity index (χ1) is 20.7. The van der Waals surface area contributed by atoms with Crippen LogP contribution in [0.4, 0.5) is 0 Å². The molecular formula is C39H55NO3. The predicted octanol–water partition coefficient (Wildman–Crippen LogP) is 7.98. The topological polar surface area (TPSA) is 46.6 Å². The Labute approximate surface area is 260 Å². The summed E-state index contributed by atoms with van der Waals surface area (Å²) in [6, 6.07) is 10.7. The molecule has 2 aliphatic heterocycles. The van der Waals surface area contributed by atoms with E-state index in [0.29, 0.717) is 59.7 Å². The van der Waals surface area contributed by atoms with Crippen molar-refractivity contribution in [2.75, 3.05) is 13.1 Å². The lowest BCUT2D eigenvalue weighted by Crippen LogP contribution is -2.52. The normalized spacial score (nSPS) is 42.7. The van der Waals surface area contributed by atoms with Gasteiger partial charge in [-0.25, -0.2) is 0 Å². The molecule has 6 aliphatic rings. The molecule has 43 heavy (non-hydrogen) atoms. The molecule has 4 aliphatic carbocycles. The molecule has 4 nitrogen and oxygen atoms in total. The van der Waals surface area contributed by atoms with Gasteiger partial charge in [0.2, 0.25) is 0 Å². The highest BCUT2D eigenvalue weighted by Crippen LogP contribution is 2.65. The maximum atomic E-state index is 12.8. The minimum atomic E-state index is -0.0456. The van der Waals surface area contributed by atoms with Gasteiger partial charge in [-0.15, -0.1) is 0 Å². The van der Waals surface area contributed by atoms with E-state index in [2.05, 4.69) is 44.7 Å². The number of piperidine rings is 1. The Morgan fingerprint density at radius 2 is 1.88 bits per heavy atom. The number of likely N-dealkylation sites (tertiary alicyclic amines) is 1. The molecule has 0 aromatic heterocycles. The lowest BCUT2D eigenvalue weighted by molar-refractivity contribution is -0.130. The van der Waals surface area contributed by atoms with Crippen molar-refractivity contribution in [3.8, 4) is 0 Å². The highest BCUT2D eigenvalue weighted by atomic mass is 16.5. The summed E-state index contributed by atoms with van der Waals surface area (Å²) in [4.78, 5) is 27.8. The van der Waals surface area contributed by atoms with Crippen LogP contribution in [0.3, 0.4) is 0 Å². The van der Waals surface area contributed by atoms with Crippen LogP contribution >= 0.6 is 0 Å². The summed E-state index contributed by atoms with van der Waals surface area (Å²) in [5.74, 6) is 4.93. The third-order valence-electron chi connectivity index (χ3n) is 13.8. The van der Waals surface area contributed by atoms with Crippen molar-refractivity contribution in [2.24, 2.45) is 40.9 Å². The lowest BCUT2D eigenvalue weighted by atomic mass is 9.52. The molecule has 5 fully saturated rings. The van der Waals surface area contributed by atoms with Crippen molar-refractivity contribution in [1.29, 1.82) is 0 Å². The number of benzene rings is 1. The molecular weight excluding hydrogens is 530 g/mol. The first-order valence-electron chi connectivity index (χ1n) is 17.8. The Morgan fingerprint density at radius 3 is 2.70 bits per heavy atom. The Morgan fingerprint density at radius 1 is 1.07 bits per heavy atom. The monoisotopic (exact) mass is 585 g/mol. The third kappa shape index (κ3) is 5.31. The van der Waals surface area contributed by atoms with E-state index in [1.54, 1.807) is 11.1 Å². The second kappa shape index (κ2) is 11.5. The van der Waals surface area contributed by atoms with E-state index in [1.165, 1.54) is 38.5 Å². The second-order valence-corrected chi connectivity index (χ2v) is 16.3. The molecule has 1 aromatic carbocycles. The zero-order valence-corrected chi connectivity index (χ0v) is 27.3. The lowest BCUT2D eigenvalue weighted by Gasteiger charge is -2.52. The van der Waals surface area contributed by atoms with Crippen LogP contribution in [-0.4, -0.2) is 47.3 Å². The number of carbonyl (C=O) groups is 2. The van der Waals surface area contributed by atoms with E-state index in [9.17, 15) is 9.59 Å². The fraction of sp³-hybridized carbons (Fsp3) is 0.744. The molecule has 2 saturated heterocycles. The maximum absolute atomic E-state index is 12.8. The smallest absolute Gasteiger partial charge is 0.137 e. The summed E-state index contributed by atoms with van der Waals surface area (Å²) in [5.41, 5.74) is 4.87. The average molecular weight is 586 g/mol. The van der Waals surface area contributed by atoms with Crippen LogP contribution in [0.2, 0.25) is 0 Å². The number of carbonyl (C=O) groups excluding carboxylic acids is 2. The summed E-state index contributed by atoms with van der Waals surface area (Å²) < 4.78 is 7.30. The Balaban J connectivity index is 1.04. The second-order valence-electron chi connectivity index (χ2n) is 16.3. The summed E-state index contributed by atoms with van der Waals surface area (Å²) in [5, 5.41) is 0. The van der Waals surface area contributed by atoms with E-state index in [0.717, 1.165) is 68.5 Å². The van der Waals surface area contributed by atoms with E-state index in [-0.39, 0.29) is 5.60 Å². The zero-order valence-electron chi connectivity index (χ0n) is 27.3. The van der Waals surface area contributed by atoms with E-state index in [1.807, 2.05) is 18.2 Å². The van der Waals surface area contributed by atoms with Crippen LogP contribution in [0, 0.1) is 40.9 Å². The first kappa shape index (κ1) is 29.9. The number of rotatable bonds is 6. The predicted molar refractivity (Wildman–Crippen MR) is 172 cm³/mol. The third-order valence-corrected chi connectivity index (χ3v) is 13.8. The number of ether oxygens (including phenoxy) is 1. The van der Waals surface area contributed by atoms with Crippen LogP contribution in [0.25, 0.3) is 0 Å². The average Bonchev–Trinajstić information content (AvgIpc) is 3.44. The fourth-order valence-corrected chi connectivity index (χ4v) is 11.6. The van der Waals surface area contributed by atoms with Crippen LogP contribution in [0.15, 0.2) is 41.5 Å². The number of fused-ring (bicyclic) bond motifs is 6. The summed E-state index contributed by atoms with van der Waals surface area (Å²) >= 11 is 0. The van der Waals surface area contributed by atoms with Gasteiger partial charge in [-0.3, -0.25) is 14.5 Å². The molecule has 0 bridgehead atoms. The Bertz CT molecular complexity index is 1250. The van der Waals surface area contributed by atoms with Crippen molar-refractivity contribution in [2.45, 2.75) is 129 Å². The van der Waals surface area contributed by atoms with Crippen LogP contribution < -0.4 is 0 Å². The highest BCUT2D eigenvalue weighted by Gasteiger charge is 2.60. The molecule has 0 radical (unpaired) electrons. The zero-order chi connectivity index (χ0) is 29.9. The standard InChI is InChI=1S/C39H55NO3/c1-25-19-36-37(40(24-25)18-8-11-30(41)20-28-9-6-5-7-10-28)27(3)39(43-36)17-15-32-33-13-12-29-21-31(42)14-16-38(29,4)35(33)22-34(32)26(2)23-39/h5-7,9-10,25,27,29,32-33,35-37H,8,11-24H2,1-4H3/t25-,27+,29+,32-,33-,35-,36+,37-,38-,39-/m0/s1. The number of ketones is 2. The van der Waals surface area contributed by atoms with Gasteiger partial charge in [-0.2, -0.15) is 0 Å². The van der Waals surface area contributed by atoms with Gasteiger partial charge in [-0.1, -0.05) is 62.2 Å². The summed E-state index contributed by atoms with van der Waals surface area (Å²) in [7, 11) is 0. The number of allylic oxidation sites excluding steroid dienone is 1. The largest absolute Gasteiger partial charge is 0.369 e. The van der Waals surface area contributed by atoms with Gasteiger partial charge < -0.3 is 4.74 Å². The first-order valence-corrected chi connectivity index (χ1v) is 17.8. The quantitative estimate of drug-likeness (QED) is 0.318. The SMILES string of the molecule is CC1=C2C[C@H]3[C@@H](CC[C@@H]4CC(=O)CC[C@@]43C)[C@@H]2CC[C@@]2(C1)O[C@@H]1C[C@H](C)CN(CCCC(=O)Cc3ccccc3)[C@H]1[C@H]2C. The van der Waals surface area contributed by atoms with Gasteiger partial charge in [0, 0.05) is 44.2 Å². The molecule has 0 unspecified atom stereocenters. The van der Waals surface area contributed by atoms with E-state index >= 15 is 0 Å². The molecule has 0 N–H and O–H groups in total. The molecule has 7 rings (SSSR count). The maximum Gasteiger partial charge on any atom is 0.137 e. The molecule has 1 aromatic rings. The number of nitrogens with zero attached hydrogens (tertiary/aromatic N) is 1. The number of Topliss-reactive ketones (excluding diaryl/α,β-unsaturated/α-hetero) is 2. The Hall–Kier alpha value is -1.78. The summed E-state index contributed by atoms with van der Waals surface area (Å²) in [6.45, 7) is 12.0. The fourth-order valence-electron chi connectivity index (χ4n) is 11.6. The molecule has 234 valence electrons. The highest BCUT2D eigenvalue weighted by molar-refractivity contribution is 5.81. The number of hydrogen-bond acceptors (Lipinski definition) is 4. The minimum Gasteiger partial charge on any atom is -0.369 e. The molecule has 2 heterocycles. The van der Waals surface area contributed by atoms with Crippen LogP contribution in [0.1, 0.15) is 110 Å². The van der Waals surface area contributed by atoms with Crippen molar-refractivity contribution in [3.63, 3.8) is 0 Å². The van der Waals surface area contributed by atoms with Gasteiger partial charge in [0.1, 0.15) is 11.6 Å². The molecule has 0 amide bonds. The van der Waals surface area contributed by atoms with E-state index in [4.69, 9.17) is 4.74 Å². The minimum absolute atomic E-state index is 0.0456. The van der Waals surface area contributed by atoms with Gasteiger partial charge in [0.05, 0.1) is 11.7 Å². The van der Waals surface area contributed by atoms with Crippen molar-refractivity contribution in [3.05, 3.63) is 47.0 Å². The van der Waals surface area contributed by atoms with Crippen LogP contribution in [-0.2, 0) is 20.7 Å². The van der Waals surface area contributed by atoms with Gasteiger partial charge in [0.15, 0.2) is 0 Å². The molecule has 1 spiro atoms. The van der Waals surface area contributed by atoms with Crippen molar-refractivity contribution < 1.29 is 14.3 Å². The molecule has 3 saturated carbocycles. The summed E-state index contributed by atoms with van der Waals surface area (Å²) in [6.07, 6.45) is 13.9. The van der Waals surface area contributed by atoms with Gasteiger partial charge in [-0.05, 0) is 112 Å². The van der Waals surface area contributed by atoms with Gasteiger partial charge >= 0.3 is 0 Å². The van der Waals surface area contributed by atoms with E-state index < -0.39 is 0 Å². The van der Waals surface area contributed by atoms with Gasteiger partial charge in [0.25, 0.3) is 0 Å². The molecule has 4 heteroatoms. The van der Waals surface area contributed by atoms with Crippen LogP contribution in [0.5, 0.6) is 0 Å². The Kier molecular flexibility index (Phi) is 8.03. The number of hydrogen-bond donors (Lipinski definition) is 0.